The number of alkyl halides is 9. The molecule has 1 saturated heterocycles. The average molecular weight is 495 g/mol. The van der Waals surface area contributed by atoms with Crippen LogP contribution in [0.1, 0.15) is 46.4 Å². The highest BCUT2D eigenvalue weighted by molar-refractivity contribution is 5.71. The zero-order chi connectivity index (χ0) is 25.6. The van der Waals surface area contributed by atoms with Gasteiger partial charge in [0, 0.05) is 5.56 Å². The van der Waals surface area contributed by atoms with Gasteiger partial charge in [0.2, 0.25) is 0 Å². The van der Waals surface area contributed by atoms with Gasteiger partial charge in [-0.2, -0.15) is 39.5 Å². The average Bonchev–Trinajstić information content (AvgIpc) is 2.99. The zero-order valence-corrected chi connectivity index (χ0v) is 17.1. The number of nitrogens with zero attached hydrogens (tertiary/aromatic N) is 1. The molecule has 0 spiro atoms. The van der Waals surface area contributed by atoms with E-state index < -0.39 is 65.6 Å². The standard InChI is InChI=1S/C22H14F9NO2/c1-3-12-4-5-15(20(23,24)25)8-14(12)10-32-11(2)18(34-19(32)33)13-6-16(21(26,27)28)9-17(7-13)22(29,30)31/h1,4-9,11,18H,10H2,2H3/t11-,18-/m0/s1. The van der Waals surface area contributed by atoms with E-state index in [4.69, 9.17) is 11.2 Å². The monoisotopic (exact) mass is 495 g/mol. The molecule has 3 rings (SSSR count). The Morgan fingerprint density at radius 3 is 1.88 bits per heavy atom. The van der Waals surface area contributed by atoms with Crippen LogP contribution in [0.25, 0.3) is 0 Å². The van der Waals surface area contributed by atoms with Crippen LogP contribution in [0.15, 0.2) is 36.4 Å². The van der Waals surface area contributed by atoms with E-state index in [-0.39, 0.29) is 17.2 Å². The number of cyclic esters (lactones) is 1. The molecule has 34 heavy (non-hydrogen) atoms. The number of carbonyl (C=O) groups excluding carboxylic acids is 1. The highest BCUT2D eigenvalue weighted by Gasteiger charge is 2.43. The largest absolute Gasteiger partial charge is 0.439 e. The Labute approximate surface area is 187 Å². The normalized spacial score (nSPS) is 19.2. The van der Waals surface area contributed by atoms with Crippen molar-refractivity contribution in [3.63, 3.8) is 0 Å². The molecule has 0 radical (unpaired) electrons. The van der Waals surface area contributed by atoms with Gasteiger partial charge in [0.1, 0.15) is 6.10 Å². The van der Waals surface area contributed by atoms with E-state index in [1.165, 1.54) is 6.92 Å². The summed E-state index contributed by atoms with van der Waals surface area (Å²) in [5, 5.41) is 0. The molecule has 2 aromatic rings. The minimum absolute atomic E-state index is 0.0230. The molecule has 1 amide bonds. The molecule has 3 nitrogen and oxygen atoms in total. The second kappa shape index (κ2) is 8.45. The highest BCUT2D eigenvalue weighted by atomic mass is 19.4. The summed E-state index contributed by atoms with van der Waals surface area (Å²) in [5.74, 6) is 2.17. The molecule has 0 bridgehead atoms. The van der Waals surface area contributed by atoms with Gasteiger partial charge >= 0.3 is 24.6 Å². The van der Waals surface area contributed by atoms with Crippen LogP contribution in [-0.2, 0) is 29.8 Å². The zero-order valence-electron chi connectivity index (χ0n) is 17.1. The third-order valence-electron chi connectivity index (χ3n) is 5.26. The van der Waals surface area contributed by atoms with Crippen molar-refractivity contribution in [2.24, 2.45) is 0 Å². The molecule has 12 heteroatoms. The first kappa shape index (κ1) is 25.3. The van der Waals surface area contributed by atoms with Crippen molar-refractivity contribution in [1.82, 2.24) is 4.90 Å². The van der Waals surface area contributed by atoms with E-state index in [9.17, 15) is 44.3 Å². The summed E-state index contributed by atoms with van der Waals surface area (Å²) in [6.45, 7) is 0.775. The fourth-order valence-corrected chi connectivity index (χ4v) is 3.53. The number of hydrogen-bond donors (Lipinski definition) is 0. The fourth-order valence-electron chi connectivity index (χ4n) is 3.53. The Kier molecular flexibility index (Phi) is 6.28. The van der Waals surface area contributed by atoms with E-state index in [0.717, 1.165) is 17.0 Å². The van der Waals surface area contributed by atoms with Gasteiger partial charge in [0.25, 0.3) is 0 Å². The molecule has 0 saturated carbocycles. The van der Waals surface area contributed by atoms with Crippen molar-refractivity contribution in [2.45, 2.75) is 44.1 Å². The minimum atomic E-state index is -5.11. The SMILES string of the molecule is C#Cc1ccc(C(F)(F)F)cc1CN1C(=O)O[C@H](c2cc(C(F)(F)F)cc(C(F)(F)F)c2)[C@@H]1C. The second-order valence-corrected chi connectivity index (χ2v) is 7.53. The van der Waals surface area contributed by atoms with E-state index in [2.05, 4.69) is 5.92 Å². The lowest BCUT2D eigenvalue weighted by molar-refractivity contribution is -0.143. The molecule has 182 valence electrons. The topological polar surface area (TPSA) is 29.5 Å². The summed E-state index contributed by atoms with van der Waals surface area (Å²) in [4.78, 5) is 13.3. The number of hydrogen-bond acceptors (Lipinski definition) is 2. The van der Waals surface area contributed by atoms with Crippen molar-refractivity contribution in [3.8, 4) is 12.3 Å². The molecule has 0 unspecified atom stereocenters. The van der Waals surface area contributed by atoms with Crippen molar-refractivity contribution in [3.05, 3.63) is 69.8 Å². The lowest BCUT2D eigenvalue weighted by Crippen LogP contribution is -2.32. The molecule has 1 aliphatic heterocycles. The Balaban J connectivity index is 1.99. The van der Waals surface area contributed by atoms with Crippen LogP contribution in [-0.4, -0.2) is 17.0 Å². The van der Waals surface area contributed by atoms with Crippen LogP contribution in [0.2, 0.25) is 0 Å². The minimum Gasteiger partial charge on any atom is -0.439 e. The summed E-state index contributed by atoms with van der Waals surface area (Å²) in [7, 11) is 0. The molecule has 2 aromatic carbocycles. The predicted molar refractivity (Wildman–Crippen MR) is 100 cm³/mol. The van der Waals surface area contributed by atoms with Gasteiger partial charge in [0.15, 0.2) is 0 Å². The molecular weight excluding hydrogens is 481 g/mol. The van der Waals surface area contributed by atoms with Crippen LogP contribution >= 0.6 is 0 Å². The van der Waals surface area contributed by atoms with Gasteiger partial charge in [-0.15, -0.1) is 6.42 Å². The summed E-state index contributed by atoms with van der Waals surface area (Å²) < 4.78 is 123. The number of halogens is 9. The Morgan fingerprint density at radius 2 is 1.41 bits per heavy atom. The first-order valence-electron chi connectivity index (χ1n) is 9.45. The summed E-state index contributed by atoms with van der Waals surface area (Å²) in [6.07, 6.45) is -12.3. The first-order valence-corrected chi connectivity index (χ1v) is 9.45. The first-order chi connectivity index (χ1) is 15.5. The van der Waals surface area contributed by atoms with E-state index in [0.29, 0.717) is 18.2 Å². The lowest BCUT2D eigenvalue weighted by atomic mass is 9.97. The van der Waals surface area contributed by atoms with Crippen molar-refractivity contribution in [2.75, 3.05) is 0 Å². The van der Waals surface area contributed by atoms with Crippen LogP contribution in [0.5, 0.6) is 0 Å². The summed E-state index contributed by atoms with van der Waals surface area (Å²) in [5.41, 5.74) is -4.87. The van der Waals surface area contributed by atoms with Crippen LogP contribution < -0.4 is 0 Å². The van der Waals surface area contributed by atoms with E-state index >= 15 is 0 Å². The number of ether oxygens (including phenoxy) is 1. The second-order valence-electron chi connectivity index (χ2n) is 7.53. The molecular formula is C22H14F9NO2. The molecule has 0 aromatic heterocycles. The Hall–Kier alpha value is -3.36. The maximum atomic E-state index is 13.2. The maximum Gasteiger partial charge on any atom is 0.416 e. The molecule has 0 N–H and O–H groups in total. The molecule has 2 atom stereocenters. The van der Waals surface area contributed by atoms with Gasteiger partial charge in [-0.25, -0.2) is 4.79 Å². The van der Waals surface area contributed by atoms with Gasteiger partial charge in [-0.3, -0.25) is 4.90 Å². The highest BCUT2D eigenvalue weighted by Crippen LogP contribution is 2.41. The van der Waals surface area contributed by atoms with Gasteiger partial charge in [0.05, 0.1) is 29.3 Å². The smallest absolute Gasteiger partial charge is 0.416 e. The Morgan fingerprint density at radius 1 is 0.882 bits per heavy atom. The number of benzene rings is 2. The van der Waals surface area contributed by atoms with Crippen LogP contribution in [0.3, 0.4) is 0 Å². The lowest BCUT2D eigenvalue weighted by Gasteiger charge is -2.23. The molecule has 1 aliphatic rings. The molecule has 0 aliphatic carbocycles. The number of carbonyl (C=O) groups is 1. The molecule has 1 heterocycles. The summed E-state index contributed by atoms with van der Waals surface area (Å²) in [6, 6.07) is 2.16. The van der Waals surface area contributed by atoms with Crippen molar-refractivity contribution in [1.29, 1.82) is 0 Å². The third kappa shape index (κ3) is 5.08. The number of terminal acetylenes is 1. The maximum absolute atomic E-state index is 13.2. The van der Waals surface area contributed by atoms with Gasteiger partial charge < -0.3 is 4.74 Å². The predicted octanol–water partition coefficient (Wildman–Crippen LogP) is 6.81. The van der Waals surface area contributed by atoms with Gasteiger partial charge in [-0.1, -0.05) is 5.92 Å². The third-order valence-corrected chi connectivity index (χ3v) is 5.26. The summed E-state index contributed by atoms with van der Waals surface area (Å²) >= 11 is 0. The molecule has 1 fully saturated rings. The fraction of sp³-hybridized carbons (Fsp3) is 0.318. The van der Waals surface area contributed by atoms with E-state index in [1.807, 2.05) is 0 Å². The van der Waals surface area contributed by atoms with Crippen molar-refractivity contribution >= 4 is 6.09 Å². The Bertz CT molecular complexity index is 1110. The quantitative estimate of drug-likeness (QED) is 0.346. The van der Waals surface area contributed by atoms with Crippen LogP contribution in [0, 0.1) is 12.3 Å². The van der Waals surface area contributed by atoms with Gasteiger partial charge in [-0.05, 0) is 54.4 Å². The van der Waals surface area contributed by atoms with E-state index in [1.54, 1.807) is 0 Å². The number of amides is 1. The van der Waals surface area contributed by atoms with Crippen LogP contribution in [0.4, 0.5) is 44.3 Å². The number of rotatable bonds is 3. The van der Waals surface area contributed by atoms with Crippen molar-refractivity contribution < 1.29 is 49.0 Å².